The van der Waals surface area contributed by atoms with Gasteiger partial charge in [0.15, 0.2) is 5.78 Å². The van der Waals surface area contributed by atoms with Crippen LogP contribution in [-0.4, -0.2) is 28.7 Å². The number of aliphatic carboxylic acids is 1. The average Bonchev–Trinajstić information content (AvgIpc) is 2.50. The van der Waals surface area contributed by atoms with Crippen molar-refractivity contribution in [3.8, 4) is 0 Å². The van der Waals surface area contributed by atoms with Gasteiger partial charge in [-0.3, -0.25) is 14.4 Å². The van der Waals surface area contributed by atoms with Crippen molar-refractivity contribution in [2.75, 3.05) is 0 Å². The molecule has 0 aromatic heterocycles. The molecule has 0 unspecified atom stereocenters. The molecule has 5 heteroatoms. The molecule has 5 nitrogen and oxygen atoms in total. The normalized spacial score (nSPS) is 13.5. The van der Waals surface area contributed by atoms with Crippen LogP contribution in [0.4, 0.5) is 0 Å². The molecule has 1 atom stereocenters. The average molecular weight is 312 g/mol. The van der Waals surface area contributed by atoms with E-state index in [1.807, 2.05) is 0 Å². The lowest BCUT2D eigenvalue weighted by Gasteiger charge is -2.19. The van der Waals surface area contributed by atoms with Gasteiger partial charge in [0.1, 0.15) is 5.54 Å². The minimum Gasteiger partial charge on any atom is -0.481 e. The molecular formula is C17H30NO4. The van der Waals surface area contributed by atoms with Crippen LogP contribution in [0.2, 0.25) is 0 Å². The zero-order chi connectivity index (χ0) is 16.8. The van der Waals surface area contributed by atoms with Crippen LogP contribution < -0.4 is 5.73 Å². The van der Waals surface area contributed by atoms with Gasteiger partial charge in [0.2, 0.25) is 6.29 Å². The summed E-state index contributed by atoms with van der Waals surface area (Å²) in [7, 11) is 0. The van der Waals surface area contributed by atoms with Gasteiger partial charge in [0.25, 0.3) is 0 Å². The van der Waals surface area contributed by atoms with Gasteiger partial charge in [-0.05, 0) is 12.8 Å². The van der Waals surface area contributed by atoms with Gasteiger partial charge in [-0.15, -0.1) is 0 Å². The van der Waals surface area contributed by atoms with Crippen molar-refractivity contribution in [1.29, 1.82) is 0 Å². The first-order chi connectivity index (χ1) is 10.5. The molecule has 22 heavy (non-hydrogen) atoms. The number of carbonyl (C=O) groups is 2. The molecule has 0 saturated carbocycles. The summed E-state index contributed by atoms with van der Waals surface area (Å²) >= 11 is 0. The number of Topliss-reactive ketones (excluding diaryl/α,β-unsaturated/α-hetero) is 1. The molecule has 127 valence electrons. The van der Waals surface area contributed by atoms with Crippen LogP contribution in [0.25, 0.3) is 0 Å². The molecule has 0 bridgehead atoms. The number of ketones is 1. The van der Waals surface area contributed by atoms with Crippen molar-refractivity contribution < 1.29 is 19.5 Å². The van der Waals surface area contributed by atoms with E-state index in [1.54, 1.807) is 0 Å². The second-order valence-electron chi connectivity index (χ2n) is 5.97. The van der Waals surface area contributed by atoms with Crippen LogP contribution in [0.3, 0.4) is 0 Å². The van der Waals surface area contributed by atoms with E-state index < -0.39 is 17.3 Å². The van der Waals surface area contributed by atoms with Crippen LogP contribution in [0.1, 0.15) is 84.0 Å². The number of carbonyl (C=O) groups excluding carboxylic acids is 2. The summed E-state index contributed by atoms with van der Waals surface area (Å²) in [4.78, 5) is 33.3. The molecule has 1 radical (unpaired) electrons. The summed E-state index contributed by atoms with van der Waals surface area (Å²) in [6.07, 6.45) is 11.5. The fourth-order valence-corrected chi connectivity index (χ4v) is 2.37. The molecule has 0 aromatic rings. The fraction of sp³-hybridized carbons (Fsp3) is 0.824. The first kappa shape index (κ1) is 20.8. The molecule has 0 aliphatic heterocycles. The largest absolute Gasteiger partial charge is 0.481 e. The number of rotatable bonds is 15. The molecule has 0 rings (SSSR count). The van der Waals surface area contributed by atoms with Crippen molar-refractivity contribution in [3.63, 3.8) is 0 Å². The number of carboxylic acid groups (broad SMARTS) is 1. The molecule has 3 N–H and O–H groups in total. The Morgan fingerprint density at radius 3 is 1.91 bits per heavy atom. The van der Waals surface area contributed by atoms with Crippen LogP contribution >= 0.6 is 0 Å². The van der Waals surface area contributed by atoms with E-state index in [1.165, 1.54) is 44.8 Å². The number of nitrogens with two attached hydrogens (primary N) is 1. The van der Waals surface area contributed by atoms with E-state index in [0.717, 1.165) is 12.8 Å². The van der Waals surface area contributed by atoms with E-state index in [9.17, 15) is 14.4 Å². The van der Waals surface area contributed by atoms with Crippen molar-refractivity contribution in [1.82, 2.24) is 0 Å². The summed E-state index contributed by atoms with van der Waals surface area (Å²) in [5.74, 6) is -1.47. The van der Waals surface area contributed by atoms with Gasteiger partial charge < -0.3 is 10.8 Å². The fourth-order valence-electron chi connectivity index (χ4n) is 2.37. The van der Waals surface area contributed by atoms with Crippen molar-refractivity contribution in [2.45, 2.75) is 89.5 Å². The van der Waals surface area contributed by atoms with Gasteiger partial charge in [0, 0.05) is 12.8 Å². The quantitative estimate of drug-likeness (QED) is 0.357. The van der Waals surface area contributed by atoms with Crippen molar-refractivity contribution in [2.24, 2.45) is 5.73 Å². The molecular weight excluding hydrogens is 282 g/mol. The lowest BCUT2D eigenvalue weighted by atomic mass is 9.88. The Kier molecular flexibility index (Phi) is 11.6. The molecule has 0 aromatic carbocycles. The third-order valence-electron chi connectivity index (χ3n) is 3.92. The third kappa shape index (κ3) is 9.66. The SMILES string of the molecule is CCCCCCCCCCCC(=O)[C@@](N)([C]=O)CCC(=O)O. The molecule has 0 spiro atoms. The maximum atomic E-state index is 11.9. The number of hydrogen-bond acceptors (Lipinski definition) is 4. The minimum atomic E-state index is -1.75. The predicted octanol–water partition coefficient (Wildman–Crippen LogP) is 3.15. The number of unbranched alkanes of at least 4 members (excludes halogenated alkanes) is 8. The second kappa shape index (κ2) is 12.3. The van der Waals surface area contributed by atoms with Crippen LogP contribution in [-0.2, 0) is 14.4 Å². The Morgan fingerprint density at radius 2 is 1.45 bits per heavy atom. The standard InChI is InChI=1S/C17H30NO4/c1-2-3-4-5-6-7-8-9-10-11-15(20)17(18,14-19)13-12-16(21)22/h2-13,18H2,1H3,(H,21,22)/t17-/m0/s1. The molecule has 0 heterocycles. The van der Waals surface area contributed by atoms with Gasteiger partial charge in [-0.2, -0.15) is 0 Å². The number of hydrogen-bond donors (Lipinski definition) is 2. The van der Waals surface area contributed by atoms with E-state index in [2.05, 4.69) is 6.92 Å². The maximum Gasteiger partial charge on any atom is 0.303 e. The summed E-state index contributed by atoms with van der Waals surface area (Å²) in [5, 5.41) is 8.61. The van der Waals surface area contributed by atoms with E-state index in [0.29, 0.717) is 6.42 Å². The monoisotopic (exact) mass is 312 g/mol. The van der Waals surface area contributed by atoms with E-state index in [-0.39, 0.29) is 19.3 Å². The highest BCUT2D eigenvalue weighted by Crippen LogP contribution is 2.15. The highest BCUT2D eigenvalue weighted by Gasteiger charge is 2.34. The van der Waals surface area contributed by atoms with E-state index >= 15 is 0 Å². The Morgan fingerprint density at radius 1 is 0.955 bits per heavy atom. The zero-order valence-electron chi connectivity index (χ0n) is 13.7. The van der Waals surface area contributed by atoms with Crippen molar-refractivity contribution >= 4 is 18.0 Å². The molecule has 0 aliphatic carbocycles. The third-order valence-corrected chi connectivity index (χ3v) is 3.92. The van der Waals surface area contributed by atoms with Gasteiger partial charge in [-0.25, -0.2) is 0 Å². The van der Waals surface area contributed by atoms with Crippen LogP contribution in [0.15, 0.2) is 0 Å². The van der Waals surface area contributed by atoms with E-state index in [4.69, 9.17) is 10.8 Å². The Bertz CT molecular complexity index is 344. The minimum absolute atomic E-state index is 0.178. The van der Waals surface area contributed by atoms with Gasteiger partial charge in [-0.1, -0.05) is 58.3 Å². The summed E-state index contributed by atoms with van der Waals surface area (Å²) in [6.45, 7) is 2.20. The predicted molar refractivity (Wildman–Crippen MR) is 86.3 cm³/mol. The Balaban J connectivity index is 3.77. The lowest BCUT2D eigenvalue weighted by Crippen LogP contribution is -2.49. The van der Waals surface area contributed by atoms with Crippen LogP contribution in [0.5, 0.6) is 0 Å². The maximum absolute atomic E-state index is 11.9. The van der Waals surface area contributed by atoms with Crippen LogP contribution in [0, 0.1) is 0 Å². The Hall–Kier alpha value is -1.23. The topological polar surface area (TPSA) is 97.5 Å². The first-order valence-corrected chi connectivity index (χ1v) is 8.39. The molecule has 0 aliphatic rings. The van der Waals surface area contributed by atoms with Gasteiger partial charge >= 0.3 is 5.97 Å². The highest BCUT2D eigenvalue weighted by molar-refractivity contribution is 6.03. The Labute approximate surface area is 133 Å². The molecule has 0 amide bonds. The summed E-state index contributed by atoms with van der Waals surface area (Å²) < 4.78 is 0. The molecule has 0 saturated heterocycles. The zero-order valence-corrected chi connectivity index (χ0v) is 13.7. The second-order valence-corrected chi connectivity index (χ2v) is 5.97. The first-order valence-electron chi connectivity index (χ1n) is 8.39. The lowest BCUT2D eigenvalue weighted by molar-refractivity contribution is -0.137. The highest BCUT2D eigenvalue weighted by atomic mass is 16.4. The molecule has 0 fully saturated rings. The summed E-state index contributed by atoms with van der Waals surface area (Å²) in [5.41, 5.74) is 3.91. The van der Waals surface area contributed by atoms with Crippen molar-refractivity contribution in [3.05, 3.63) is 0 Å². The summed E-state index contributed by atoms with van der Waals surface area (Å²) in [6, 6.07) is 0. The smallest absolute Gasteiger partial charge is 0.303 e. The van der Waals surface area contributed by atoms with Gasteiger partial charge in [0.05, 0.1) is 0 Å². The number of carboxylic acids is 1.